The van der Waals surface area contributed by atoms with Gasteiger partial charge in [0.25, 0.3) is 0 Å². The van der Waals surface area contributed by atoms with Gasteiger partial charge in [0.2, 0.25) is 0 Å². The number of carboxylic acid groups (broad SMARTS) is 1. The first kappa shape index (κ1) is 16.4. The molecule has 1 aromatic rings. The summed E-state index contributed by atoms with van der Waals surface area (Å²) in [5.74, 6) is -0.872. The van der Waals surface area contributed by atoms with Crippen LogP contribution in [0.1, 0.15) is 30.5 Å². The summed E-state index contributed by atoms with van der Waals surface area (Å²) in [5, 5.41) is 14.4. The van der Waals surface area contributed by atoms with Gasteiger partial charge in [-0.2, -0.15) is 0 Å². The Morgan fingerprint density at radius 2 is 2.25 bits per heavy atom. The summed E-state index contributed by atoms with van der Waals surface area (Å²) in [4.78, 5) is 28.4. The number of nitrogens with zero attached hydrogens (tertiary/aromatic N) is 2. The zero-order chi connectivity index (χ0) is 15.1. The second kappa shape index (κ2) is 7.84. The van der Waals surface area contributed by atoms with Crippen molar-refractivity contribution in [3.8, 4) is 0 Å². The molecule has 2 N–H and O–H groups in total. The fourth-order valence-corrected chi connectivity index (χ4v) is 2.37. The minimum Gasteiger partial charge on any atom is -0.481 e. The minimum atomic E-state index is -0.836. The van der Waals surface area contributed by atoms with Crippen LogP contribution in [-0.4, -0.2) is 40.6 Å². The average molecular weight is 299 g/mol. The third kappa shape index (κ3) is 5.56. The highest BCUT2D eigenvalue weighted by atomic mass is 32.1. The van der Waals surface area contributed by atoms with Crippen LogP contribution in [0.15, 0.2) is 5.38 Å². The third-order valence-electron chi connectivity index (χ3n) is 3.00. The molecule has 0 bridgehead atoms. The van der Waals surface area contributed by atoms with Crippen LogP contribution in [0, 0.1) is 12.8 Å². The van der Waals surface area contributed by atoms with Gasteiger partial charge in [0.15, 0.2) is 0 Å². The quantitative estimate of drug-likeness (QED) is 0.807. The standard InChI is InChI=1S/C13H21N3O3S/c1-4-10(5-12(17)18)6-14-13(19)16(3)7-11-8-20-9(2)15-11/h8,10H,4-7H2,1-3H3,(H,14,19)(H,17,18). The summed E-state index contributed by atoms with van der Waals surface area (Å²) in [6, 6.07) is -0.209. The molecule has 0 fully saturated rings. The van der Waals surface area contributed by atoms with Crippen molar-refractivity contribution in [3.63, 3.8) is 0 Å². The summed E-state index contributed by atoms with van der Waals surface area (Å²) < 4.78 is 0. The molecule has 1 atom stereocenters. The van der Waals surface area contributed by atoms with Gasteiger partial charge in [0, 0.05) is 25.4 Å². The molecule has 20 heavy (non-hydrogen) atoms. The maximum Gasteiger partial charge on any atom is 0.317 e. The third-order valence-corrected chi connectivity index (χ3v) is 3.82. The number of urea groups is 1. The van der Waals surface area contributed by atoms with E-state index in [1.165, 1.54) is 0 Å². The maximum atomic E-state index is 11.9. The Hall–Kier alpha value is -1.63. The molecular weight excluding hydrogens is 278 g/mol. The smallest absolute Gasteiger partial charge is 0.317 e. The van der Waals surface area contributed by atoms with Crippen LogP contribution in [0.4, 0.5) is 4.79 Å². The van der Waals surface area contributed by atoms with E-state index in [4.69, 9.17) is 5.11 Å². The van der Waals surface area contributed by atoms with E-state index in [1.54, 1.807) is 23.3 Å². The molecule has 0 aliphatic carbocycles. The Balaban J connectivity index is 2.39. The lowest BCUT2D eigenvalue weighted by molar-refractivity contribution is -0.138. The van der Waals surface area contributed by atoms with Gasteiger partial charge in [-0.05, 0) is 12.8 Å². The van der Waals surface area contributed by atoms with E-state index in [9.17, 15) is 9.59 Å². The van der Waals surface area contributed by atoms with Crippen molar-refractivity contribution in [1.29, 1.82) is 0 Å². The van der Waals surface area contributed by atoms with Crippen molar-refractivity contribution >= 4 is 23.3 Å². The number of carboxylic acids is 1. The monoisotopic (exact) mass is 299 g/mol. The number of nitrogens with one attached hydrogen (secondary N) is 1. The lowest BCUT2D eigenvalue weighted by Gasteiger charge is -2.19. The fourth-order valence-electron chi connectivity index (χ4n) is 1.77. The molecule has 0 aliphatic rings. The van der Waals surface area contributed by atoms with Gasteiger partial charge < -0.3 is 15.3 Å². The second-order valence-electron chi connectivity index (χ2n) is 4.77. The van der Waals surface area contributed by atoms with Crippen molar-refractivity contribution < 1.29 is 14.7 Å². The first-order chi connectivity index (χ1) is 9.42. The van der Waals surface area contributed by atoms with Crippen molar-refractivity contribution in [2.75, 3.05) is 13.6 Å². The largest absolute Gasteiger partial charge is 0.481 e. The molecule has 7 heteroatoms. The first-order valence-electron chi connectivity index (χ1n) is 6.54. The van der Waals surface area contributed by atoms with Crippen molar-refractivity contribution in [2.45, 2.75) is 33.2 Å². The van der Waals surface area contributed by atoms with E-state index in [0.29, 0.717) is 13.1 Å². The molecule has 1 rings (SSSR count). The zero-order valence-corrected chi connectivity index (χ0v) is 12.9. The zero-order valence-electron chi connectivity index (χ0n) is 12.0. The van der Waals surface area contributed by atoms with Crippen LogP contribution < -0.4 is 5.32 Å². The normalized spacial score (nSPS) is 11.9. The Kier molecular flexibility index (Phi) is 6.44. The van der Waals surface area contributed by atoms with Gasteiger partial charge in [-0.1, -0.05) is 13.3 Å². The number of thiazole rings is 1. The fraction of sp³-hybridized carbons (Fsp3) is 0.615. The Morgan fingerprint density at radius 1 is 1.55 bits per heavy atom. The van der Waals surface area contributed by atoms with Crippen LogP contribution in [0.3, 0.4) is 0 Å². The molecule has 1 heterocycles. The summed E-state index contributed by atoms with van der Waals surface area (Å²) in [5.41, 5.74) is 0.864. The number of carbonyl (C=O) groups excluding carboxylic acids is 1. The predicted molar refractivity (Wildman–Crippen MR) is 77.8 cm³/mol. The highest BCUT2D eigenvalue weighted by Gasteiger charge is 2.15. The maximum absolute atomic E-state index is 11.9. The predicted octanol–water partition coefficient (Wildman–Crippen LogP) is 2.09. The molecule has 6 nitrogen and oxygen atoms in total. The summed E-state index contributed by atoms with van der Waals surface area (Å²) in [6.45, 7) is 4.67. The van der Waals surface area contributed by atoms with E-state index in [0.717, 1.165) is 17.1 Å². The molecule has 112 valence electrons. The molecule has 0 aromatic carbocycles. The van der Waals surface area contributed by atoms with E-state index in [2.05, 4.69) is 10.3 Å². The lowest BCUT2D eigenvalue weighted by atomic mass is 10.0. The molecular formula is C13H21N3O3S. The van der Waals surface area contributed by atoms with Gasteiger partial charge in [-0.25, -0.2) is 9.78 Å². The molecule has 0 saturated carbocycles. The van der Waals surface area contributed by atoms with E-state index in [1.807, 2.05) is 19.2 Å². The van der Waals surface area contributed by atoms with Crippen LogP contribution in [0.5, 0.6) is 0 Å². The van der Waals surface area contributed by atoms with E-state index >= 15 is 0 Å². The van der Waals surface area contributed by atoms with Crippen molar-refractivity contribution in [3.05, 3.63) is 16.1 Å². The second-order valence-corrected chi connectivity index (χ2v) is 5.83. The van der Waals surface area contributed by atoms with Crippen molar-refractivity contribution in [1.82, 2.24) is 15.2 Å². The van der Waals surface area contributed by atoms with Crippen LogP contribution in [0.25, 0.3) is 0 Å². The Labute approximate surface area is 122 Å². The lowest BCUT2D eigenvalue weighted by Crippen LogP contribution is -2.39. The topological polar surface area (TPSA) is 82.5 Å². The van der Waals surface area contributed by atoms with E-state index < -0.39 is 5.97 Å². The Bertz CT molecular complexity index is 461. The molecule has 0 aliphatic heterocycles. The number of hydrogen-bond donors (Lipinski definition) is 2. The summed E-state index contributed by atoms with van der Waals surface area (Å²) >= 11 is 1.55. The highest BCUT2D eigenvalue weighted by Crippen LogP contribution is 2.10. The number of aromatic nitrogens is 1. The van der Waals surface area contributed by atoms with Crippen LogP contribution in [-0.2, 0) is 11.3 Å². The number of hydrogen-bond acceptors (Lipinski definition) is 4. The number of rotatable bonds is 7. The van der Waals surface area contributed by atoms with Gasteiger partial charge in [-0.3, -0.25) is 4.79 Å². The molecule has 1 unspecified atom stereocenters. The first-order valence-corrected chi connectivity index (χ1v) is 7.42. The SMILES string of the molecule is CCC(CNC(=O)N(C)Cc1csc(C)n1)CC(=O)O. The Morgan fingerprint density at radius 3 is 2.75 bits per heavy atom. The van der Waals surface area contributed by atoms with Gasteiger partial charge in [0.1, 0.15) is 0 Å². The van der Waals surface area contributed by atoms with Crippen molar-refractivity contribution in [2.24, 2.45) is 5.92 Å². The molecule has 0 saturated heterocycles. The average Bonchev–Trinajstić information content (AvgIpc) is 2.78. The molecule has 1 aromatic heterocycles. The number of aliphatic carboxylic acids is 1. The summed E-state index contributed by atoms with van der Waals surface area (Å²) in [7, 11) is 1.70. The van der Waals surface area contributed by atoms with Gasteiger partial charge in [-0.15, -0.1) is 11.3 Å². The van der Waals surface area contributed by atoms with Gasteiger partial charge >= 0.3 is 12.0 Å². The number of aryl methyl sites for hydroxylation is 1. The van der Waals surface area contributed by atoms with Crippen LogP contribution in [0.2, 0.25) is 0 Å². The minimum absolute atomic E-state index is 0.0358. The highest BCUT2D eigenvalue weighted by molar-refractivity contribution is 7.09. The van der Waals surface area contributed by atoms with E-state index in [-0.39, 0.29) is 18.4 Å². The number of carbonyl (C=O) groups is 2. The number of amides is 2. The molecule has 0 radical (unpaired) electrons. The summed E-state index contributed by atoms with van der Waals surface area (Å²) in [6.07, 6.45) is 0.799. The van der Waals surface area contributed by atoms with Crippen LogP contribution >= 0.6 is 11.3 Å². The molecule has 2 amide bonds. The molecule has 0 spiro atoms. The van der Waals surface area contributed by atoms with Gasteiger partial charge in [0.05, 0.1) is 17.2 Å².